The van der Waals surface area contributed by atoms with Crippen LogP contribution in [-0.4, -0.2) is 4.57 Å². The van der Waals surface area contributed by atoms with E-state index in [-0.39, 0.29) is 0 Å². The lowest BCUT2D eigenvalue weighted by molar-refractivity contribution is 0.814. The second-order valence-corrected chi connectivity index (χ2v) is 4.87. The maximum Gasteiger partial charge on any atom is 0.0483 e. The van der Waals surface area contributed by atoms with Crippen LogP contribution < -0.4 is 0 Å². The molecule has 3 aromatic rings. The van der Waals surface area contributed by atoms with Crippen LogP contribution in [-0.2, 0) is 6.54 Å². The molecular formula is C18H17N. The first-order valence-electron chi connectivity index (χ1n) is 6.59. The third kappa shape index (κ3) is 2.60. The standard InChI is InChI=1S/C18H17N/c1-15-9-11-16(12-10-15)14-19-13-5-8-18(19)17-6-3-2-4-7-17/h2-13H,14H2,1H3. The van der Waals surface area contributed by atoms with E-state index in [0.717, 1.165) is 6.54 Å². The topological polar surface area (TPSA) is 4.93 Å². The molecule has 0 aliphatic carbocycles. The number of benzene rings is 2. The van der Waals surface area contributed by atoms with Crippen molar-refractivity contribution in [2.45, 2.75) is 13.5 Å². The van der Waals surface area contributed by atoms with Crippen LogP contribution in [0.3, 0.4) is 0 Å². The van der Waals surface area contributed by atoms with Gasteiger partial charge in [0.2, 0.25) is 0 Å². The van der Waals surface area contributed by atoms with Crippen LogP contribution in [0.2, 0.25) is 0 Å². The molecule has 1 heterocycles. The zero-order valence-corrected chi connectivity index (χ0v) is 11.1. The quantitative estimate of drug-likeness (QED) is 0.641. The lowest BCUT2D eigenvalue weighted by atomic mass is 10.1. The van der Waals surface area contributed by atoms with E-state index in [1.165, 1.54) is 22.4 Å². The summed E-state index contributed by atoms with van der Waals surface area (Å²) in [5, 5.41) is 0. The van der Waals surface area contributed by atoms with E-state index in [1.807, 2.05) is 0 Å². The van der Waals surface area contributed by atoms with Gasteiger partial charge in [-0.05, 0) is 30.2 Å². The minimum absolute atomic E-state index is 0.914. The molecule has 0 aliphatic heterocycles. The summed E-state index contributed by atoms with van der Waals surface area (Å²) in [5.41, 5.74) is 5.17. The molecule has 1 aromatic heterocycles. The molecule has 2 aromatic carbocycles. The molecule has 0 saturated carbocycles. The molecular weight excluding hydrogens is 230 g/mol. The highest BCUT2D eigenvalue weighted by Crippen LogP contribution is 2.20. The van der Waals surface area contributed by atoms with Crippen LogP contribution >= 0.6 is 0 Å². The van der Waals surface area contributed by atoms with Crippen LogP contribution in [0.25, 0.3) is 11.3 Å². The molecule has 0 unspecified atom stereocenters. The van der Waals surface area contributed by atoms with Crippen LogP contribution in [0.4, 0.5) is 0 Å². The Labute approximate surface area is 114 Å². The Morgan fingerprint density at radius 1 is 0.789 bits per heavy atom. The highest BCUT2D eigenvalue weighted by atomic mass is 15.0. The van der Waals surface area contributed by atoms with Crippen LogP contribution in [0.15, 0.2) is 72.9 Å². The van der Waals surface area contributed by atoms with E-state index in [0.29, 0.717) is 0 Å². The van der Waals surface area contributed by atoms with E-state index < -0.39 is 0 Å². The Morgan fingerprint density at radius 2 is 1.53 bits per heavy atom. The predicted octanol–water partition coefficient (Wildman–Crippen LogP) is 4.51. The maximum atomic E-state index is 2.29. The lowest BCUT2D eigenvalue weighted by Crippen LogP contribution is -2.00. The monoisotopic (exact) mass is 247 g/mol. The van der Waals surface area contributed by atoms with Gasteiger partial charge in [0.15, 0.2) is 0 Å². The molecule has 0 saturated heterocycles. The van der Waals surface area contributed by atoms with Crippen LogP contribution in [0.1, 0.15) is 11.1 Å². The zero-order chi connectivity index (χ0) is 13.1. The number of rotatable bonds is 3. The Bertz CT molecular complexity index is 648. The second kappa shape index (κ2) is 5.15. The molecule has 94 valence electrons. The number of aryl methyl sites for hydroxylation is 1. The van der Waals surface area contributed by atoms with Gasteiger partial charge in [0.1, 0.15) is 0 Å². The summed E-state index contributed by atoms with van der Waals surface area (Å²) < 4.78 is 2.29. The molecule has 0 spiro atoms. The highest BCUT2D eigenvalue weighted by Gasteiger charge is 2.03. The van der Waals surface area contributed by atoms with Crippen molar-refractivity contribution < 1.29 is 0 Å². The summed E-state index contributed by atoms with van der Waals surface area (Å²) >= 11 is 0. The van der Waals surface area contributed by atoms with Crippen LogP contribution in [0.5, 0.6) is 0 Å². The molecule has 0 N–H and O–H groups in total. The van der Waals surface area contributed by atoms with Crippen molar-refractivity contribution in [2.24, 2.45) is 0 Å². The third-order valence-electron chi connectivity index (χ3n) is 3.37. The first kappa shape index (κ1) is 11.8. The molecule has 19 heavy (non-hydrogen) atoms. The van der Waals surface area contributed by atoms with Gasteiger partial charge in [-0.1, -0.05) is 60.2 Å². The molecule has 3 rings (SSSR count). The third-order valence-corrected chi connectivity index (χ3v) is 3.37. The molecule has 0 aliphatic rings. The second-order valence-electron chi connectivity index (χ2n) is 4.87. The SMILES string of the molecule is Cc1ccc(Cn2cccc2-c2ccccc2)cc1. The van der Waals surface area contributed by atoms with E-state index in [9.17, 15) is 0 Å². The van der Waals surface area contributed by atoms with Crippen molar-refractivity contribution in [1.29, 1.82) is 0 Å². The number of nitrogens with zero attached hydrogens (tertiary/aromatic N) is 1. The van der Waals surface area contributed by atoms with E-state index in [1.54, 1.807) is 0 Å². The van der Waals surface area contributed by atoms with E-state index >= 15 is 0 Å². The molecule has 0 atom stereocenters. The van der Waals surface area contributed by atoms with E-state index in [2.05, 4.69) is 84.4 Å². The Hall–Kier alpha value is -2.28. The van der Waals surface area contributed by atoms with Crippen molar-refractivity contribution in [3.05, 3.63) is 84.1 Å². The molecule has 0 amide bonds. The number of hydrogen-bond donors (Lipinski definition) is 0. The first-order chi connectivity index (χ1) is 9.33. The van der Waals surface area contributed by atoms with Crippen molar-refractivity contribution >= 4 is 0 Å². The number of hydrogen-bond acceptors (Lipinski definition) is 0. The maximum absolute atomic E-state index is 2.29. The Kier molecular flexibility index (Phi) is 3.20. The predicted molar refractivity (Wildman–Crippen MR) is 80.1 cm³/mol. The fourth-order valence-electron chi connectivity index (χ4n) is 2.31. The fourth-order valence-corrected chi connectivity index (χ4v) is 2.31. The largest absolute Gasteiger partial charge is 0.343 e. The summed E-state index contributed by atoms with van der Waals surface area (Å²) in [7, 11) is 0. The molecule has 1 heteroatoms. The molecule has 1 nitrogen and oxygen atoms in total. The summed E-state index contributed by atoms with van der Waals surface area (Å²) in [6.45, 7) is 3.03. The lowest BCUT2D eigenvalue weighted by Gasteiger charge is -2.10. The van der Waals surface area contributed by atoms with Gasteiger partial charge in [0.05, 0.1) is 0 Å². The van der Waals surface area contributed by atoms with Gasteiger partial charge >= 0.3 is 0 Å². The smallest absolute Gasteiger partial charge is 0.0483 e. The van der Waals surface area contributed by atoms with E-state index in [4.69, 9.17) is 0 Å². The molecule has 0 fully saturated rings. The van der Waals surface area contributed by atoms with Crippen molar-refractivity contribution in [3.63, 3.8) is 0 Å². The minimum Gasteiger partial charge on any atom is -0.343 e. The number of aromatic nitrogens is 1. The normalized spacial score (nSPS) is 10.6. The van der Waals surface area contributed by atoms with Crippen molar-refractivity contribution in [3.8, 4) is 11.3 Å². The Morgan fingerprint density at radius 3 is 2.26 bits per heavy atom. The molecule has 0 radical (unpaired) electrons. The van der Waals surface area contributed by atoms with Crippen molar-refractivity contribution in [1.82, 2.24) is 4.57 Å². The average molecular weight is 247 g/mol. The summed E-state index contributed by atoms with van der Waals surface area (Å²) in [5.74, 6) is 0. The zero-order valence-electron chi connectivity index (χ0n) is 11.1. The van der Waals surface area contributed by atoms with Gasteiger partial charge < -0.3 is 4.57 Å². The van der Waals surface area contributed by atoms with Crippen LogP contribution in [0, 0.1) is 6.92 Å². The summed E-state index contributed by atoms with van der Waals surface area (Å²) in [6.07, 6.45) is 2.14. The summed E-state index contributed by atoms with van der Waals surface area (Å²) in [4.78, 5) is 0. The van der Waals surface area contributed by atoms with Gasteiger partial charge in [-0.3, -0.25) is 0 Å². The summed E-state index contributed by atoms with van der Waals surface area (Å²) in [6, 6.07) is 23.5. The highest BCUT2D eigenvalue weighted by molar-refractivity contribution is 5.60. The van der Waals surface area contributed by atoms with Gasteiger partial charge in [-0.15, -0.1) is 0 Å². The minimum atomic E-state index is 0.914. The van der Waals surface area contributed by atoms with Gasteiger partial charge in [-0.25, -0.2) is 0 Å². The average Bonchev–Trinajstić information content (AvgIpc) is 2.90. The first-order valence-corrected chi connectivity index (χ1v) is 6.59. The fraction of sp³-hybridized carbons (Fsp3) is 0.111. The van der Waals surface area contributed by atoms with Crippen molar-refractivity contribution in [2.75, 3.05) is 0 Å². The van der Waals surface area contributed by atoms with Gasteiger partial charge in [-0.2, -0.15) is 0 Å². The van der Waals surface area contributed by atoms with Gasteiger partial charge in [0, 0.05) is 18.4 Å². The van der Waals surface area contributed by atoms with Gasteiger partial charge in [0.25, 0.3) is 0 Å². The Balaban J connectivity index is 1.91. The molecule has 0 bridgehead atoms.